The van der Waals surface area contributed by atoms with E-state index in [0.717, 1.165) is 37.2 Å². The highest BCUT2D eigenvalue weighted by Gasteiger charge is 2.18. The van der Waals surface area contributed by atoms with E-state index in [4.69, 9.17) is 4.74 Å². The number of aromatic nitrogens is 2. The fourth-order valence-electron chi connectivity index (χ4n) is 2.83. The quantitative estimate of drug-likeness (QED) is 0.935. The average molecular weight is 326 g/mol. The van der Waals surface area contributed by atoms with Gasteiger partial charge in [-0.15, -0.1) is 0 Å². The Kier molecular flexibility index (Phi) is 4.64. The summed E-state index contributed by atoms with van der Waals surface area (Å²) in [6.45, 7) is 5.73. The molecule has 0 spiro atoms. The minimum atomic E-state index is -0.259. The molecule has 0 radical (unpaired) electrons. The van der Waals surface area contributed by atoms with Gasteiger partial charge in [-0.25, -0.2) is 9.97 Å². The van der Waals surface area contributed by atoms with Gasteiger partial charge in [0.2, 0.25) is 5.95 Å². The van der Waals surface area contributed by atoms with Crippen molar-refractivity contribution in [2.24, 2.45) is 0 Å². The molecule has 1 amide bonds. The van der Waals surface area contributed by atoms with Crippen molar-refractivity contribution in [3.8, 4) is 5.75 Å². The lowest BCUT2D eigenvalue weighted by atomic mass is 10.2. The molecule has 0 bridgehead atoms. The van der Waals surface area contributed by atoms with Crippen LogP contribution in [0.4, 0.5) is 11.6 Å². The number of anilines is 2. The molecule has 1 N–H and O–H groups in total. The Bertz CT molecular complexity index is 755. The first kappa shape index (κ1) is 16.2. The zero-order chi connectivity index (χ0) is 17.1. The standard InChI is InChI=1S/C18H22N4O2/c1-12-6-7-16(24-3)14(10-12)20-17(23)15-11-13(2)19-18(21-15)22-8-4-5-9-22/h6-7,10-11H,4-5,8-9H2,1-3H3,(H,20,23). The zero-order valence-electron chi connectivity index (χ0n) is 14.3. The molecule has 0 atom stereocenters. The molecule has 24 heavy (non-hydrogen) atoms. The van der Waals surface area contributed by atoms with Crippen molar-refractivity contribution >= 4 is 17.5 Å². The summed E-state index contributed by atoms with van der Waals surface area (Å²) in [5, 5.41) is 2.89. The minimum Gasteiger partial charge on any atom is -0.495 e. The van der Waals surface area contributed by atoms with Crippen LogP contribution < -0.4 is 15.0 Å². The highest BCUT2D eigenvalue weighted by molar-refractivity contribution is 6.04. The SMILES string of the molecule is COc1ccc(C)cc1NC(=O)c1cc(C)nc(N2CCCC2)n1. The summed E-state index contributed by atoms with van der Waals surface area (Å²) >= 11 is 0. The Morgan fingerprint density at radius 2 is 1.92 bits per heavy atom. The van der Waals surface area contributed by atoms with Crippen LogP contribution in [-0.4, -0.2) is 36.1 Å². The second-order valence-corrected chi connectivity index (χ2v) is 6.05. The van der Waals surface area contributed by atoms with E-state index in [0.29, 0.717) is 23.1 Å². The topological polar surface area (TPSA) is 67.3 Å². The summed E-state index contributed by atoms with van der Waals surface area (Å²) in [4.78, 5) is 23.7. The maximum absolute atomic E-state index is 12.6. The average Bonchev–Trinajstić information content (AvgIpc) is 3.09. The number of benzene rings is 1. The number of hydrogen-bond acceptors (Lipinski definition) is 5. The van der Waals surface area contributed by atoms with Crippen molar-refractivity contribution in [2.45, 2.75) is 26.7 Å². The van der Waals surface area contributed by atoms with E-state index < -0.39 is 0 Å². The molecule has 6 nitrogen and oxygen atoms in total. The summed E-state index contributed by atoms with van der Waals surface area (Å²) in [7, 11) is 1.58. The third kappa shape index (κ3) is 3.48. The molecule has 3 rings (SSSR count). The van der Waals surface area contributed by atoms with Crippen molar-refractivity contribution in [1.82, 2.24) is 9.97 Å². The molecule has 1 saturated heterocycles. The van der Waals surface area contributed by atoms with Gasteiger partial charge in [-0.05, 0) is 50.5 Å². The minimum absolute atomic E-state index is 0.259. The van der Waals surface area contributed by atoms with Gasteiger partial charge in [-0.2, -0.15) is 0 Å². The van der Waals surface area contributed by atoms with Crippen LogP contribution in [0, 0.1) is 13.8 Å². The molecule has 2 heterocycles. The van der Waals surface area contributed by atoms with Gasteiger partial charge in [-0.1, -0.05) is 6.07 Å². The predicted octanol–water partition coefficient (Wildman–Crippen LogP) is 2.95. The molecule has 1 aromatic carbocycles. The number of aryl methyl sites for hydroxylation is 2. The van der Waals surface area contributed by atoms with Crippen LogP contribution in [0.2, 0.25) is 0 Å². The third-order valence-electron chi connectivity index (χ3n) is 4.07. The Hall–Kier alpha value is -2.63. The second-order valence-electron chi connectivity index (χ2n) is 6.05. The van der Waals surface area contributed by atoms with Gasteiger partial charge in [0.05, 0.1) is 12.8 Å². The first-order valence-electron chi connectivity index (χ1n) is 8.13. The molecular formula is C18H22N4O2. The van der Waals surface area contributed by atoms with Gasteiger partial charge in [-0.3, -0.25) is 4.79 Å². The normalized spacial score (nSPS) is 13.9. The molecule has 6 heteroatoms. The van der Waals surface area contributed by atoms with Crippen LogP contribution in [0.15, 0.2) is 24.3 Å². The van der Waals surface area contributed by atoms with Crippen LogP contribution in [0.1, 0.15) is 34.6 Å². The largest absolute Gasteiger partial charge is 0.495 e. The molecule has 1 aliphatic heterocycles. The summed E-state index contributed by atoms with van der Waals surface area (Å²) in [5.74, 6) is 0.998. The molecular weight excluding hydrogens is 304 g/mol. The first-order valence-corrected chi connectivity index (χ1v) is 8.13. The predicted molar refractivity (Wildman–Crippen MR) is 93.9 cm³/mol. The number of rotatable bonds is 4. The van der Waals surface area contributed by atoms with E-state index in [1.807, 2.05) is 32.0 Å². The van der Waals surface area contributed by atoms with E-state index >= 15 is 0 Å². The number of carbonyl (C=O) groups excluding carboxylic acids is 1. The van der Waals surface area contributed by atoms with Gasteiger partial charge < -0.3 is 15.0 Å². The van der Waals surface area contributed by atoms with Crippen LogP contribution in [-0.2, 0) is 0 Å². The summed E-state index contributed by atoms with van der Waals surface area (Å²) in [6.07, 6.45) is 2.28. The number of ether oxygens (including phenoxy) is 1. The Balaban J connectivity index is 1.86. The molecule has 1 aliphatic rings. The highest BCUT2D eigenvalue weighted by Crippen LogP contribution is 2.26. The van der Waals surface area contributed by atoms with Crippen molar-refractivity contribution in [3.05, 3.63) is 41.2 Å². The van der Waals surface area contributed by atoms with E-state index in [9.17, 15) is 4.79 Å². The van der Waals surface area contributed by atoms with Crippen LogP contribution in [0.3, 0.4) is 0 Å². The van der Waals surface area contributed by atoms with Gasteiger partial charge in [0, 0.05) is 18.8 Å². The number of nitrogens with zero attached hydrogens (tertiary/aromatic N) is 3. The van der Waals surface area contributed by atoms with E-state index in [1.54, 1.807) is 13.2 Å². The van der Waals surface area contributed by atoms with E-state index in [-0.39, 0.29) is 5.91 Å². The summed E-state index contributed by atoms with van der Waals surface area (Å²) < 4.78 is 5.31. The monoisotopic (exact) mass is 326 g/mol. The smallest absolute Gasteiger partial charge is 0.274 e. The van der Waals surface area contributed by atoms with Gasteiger partial charge >= 0.3 is 0 Å². The second kappa shape index (κ2) is 6.86. The Morgan fingerprint density at radius 1 is 1.17 bits per heavy atom. The number of amides is 1. The van der Waals surface area contributed by atoms with Crippen LogP contribution in [0.5, 0.6) is 5.75 Å². The molecule has 126 valence electrons. The number of nitrogens with one attached hydrogen (secondary N) is 1. The van der Waals surface area contributed by atoms with Gasteiger partial charge in [0.25, 0.3) is 5.91 Å². The fraction of sp³-hybridized carbons (Fsp3) is 0.389. The Labute approximate surface area is 141 Å². The van der Waals surface area contributed by atoms with E-state index in [2.05, 4.69) is 20.2 Å². The molecule has 1 fully saturated rings. The zero-order valence-corrected chi connectivity index (χ0v) is 14.3. The number of methoxy groups -OCH3 is 1. The van der Waals surface area contributed by atoms with Crippen LogP contribution >= 0.6 is 0 Å². The number of carbonyl (C=O) groups is 1. The highest BCUT2D eigenvalue weighted by atomic mass is 16.5. The van der Waals surface area contributed by atoms with Crippen molar-refractivity contribution in [1.29, 1.82) is 0 Å². The molecule has 0 unspecified atom stereocenters. The maximum Gasteiger partial charge on any atom is 0.274 e. The van der Waals surface area contributed by atoms with Crippen molar-refractivity contribution < 1.29 is 9.53 Å². The molecule has 2 aromatic rings. The molecule has 1 aromatic heterocycles. The summed E-state index contributed by atoms with van der Waals surface area (Å²) in [6, 6.07) is 7.37. The van der Waals surface area contributed by atoms with E-state index in [1.165, 1.54) is 0 Å². The number of hydrogen-bond donors (Lipinski definition) is 1. The van der Waals surface area contributed by atoms with Gasteiger partial charge in [0.1, 0.15) is 11.4 Å². The third-order valence-corrected chi connectivity index (χ3v) is 4.07. The lowest BCUT2D eigenvalue weighted by molar-refractivity contribution is 0.102. The lowest BCUT2D eigenvalue weighted by Gasteiger charge is -2.16. The lowest BCUT2D eigenvalue weighted by Crippen LogP contribution is -2.23. The van der Waals surface area contributed by atoms with Crippen LogP contribution in [0.25, 0.3) is 0 Å². The Morgan fingerprint density at radius 3 is 2.62 bits per heavy atom. The first-order chi connectivity index (χ1) is 11.6. The van der Waals surface area contributed by atoms with Crippen molar-refractivity contribution in [2.75, 3.05) is 30.4 Å². The molecule has 0 saturated carbocycles. The van der Waals surface area contributed by atoms with Gasteiger partial charge in [0.15, 0.2) is 0 Å². The maximum atomic E-state index is 12.6. The van der Waals surface area contributed by atoms with Crippen molar-refractivity contribution in [3.63, 3.8) is 0 Å². The fourth-order valence-corrected chi connectivity index (χ4v) is 2.83. The molecule has 0 aliphatic carbocycles. The summed E-state index contributed by atoms with van der Waals surface area (Å²) in [5.41, 5.74) is 2.84.